The van der Waals surface area contributed by atoms with Crippen molar-refractivity contribution in [2.24, 2.45) is 0 Å². The summed E-state index contributed by atoms with van der Waals surface area (Å²) in [6, 6.07) is 15.4. The molecular weight excluding hydrogens is 359 g/mol. The molecule has 1 heterocycles. The second-order valence-corrected chi connectivity index (χ2v) is 7.10. The van der Waals surface area contributed by atoms with Gasteiger partial charge in [-0.3, -0.25) is 4.79 Å². The number of carbonyl (C=O) groups is 1. The Morgan fingerprint density at radius 1 is 1.07 bits per heavy atom. The van der Waals surface area contributed by atoms with E-state index in [-0.39, 0.29) is 11.6 Å². The molecule has 28 heavy (non-hydrogen) atoms. The number of aromatic nitrogens is 2. The number of rotatable bonds is 4. The van der Waals surface area contributed by atoms with E-state index in [1.54, 1.807) is 23.9 Å². The van der Waals surface area contributed by atoms with Gasteiger partial charge in [0.05, 0.1) is 24.2 Å². The van der Waals surface area contributed by atoms with Gasteiger partial charge in [-0.25, -0.2) is 9.07 Å². The van der Waals surface area contributed by atoms with E-state index in [0.717, 1.165) is 22.7 Å². The predicted octanol–water partition coefficient (Wildman–Crippen LogP) is 4.02. The summed E-state index contributed by atoms with van der Waals surface area (Å²) in [5, 5.41) is 15.8. The van der Waals surface area contributed by atoms with Crippen molar-refractivity contribution in [2.45, 2.75) is 31.3 Å². The quantitative estimate of drug-likeness (QED) is 0.743. The van der Waals surface area contributed by atoms with E-state index in [1.807, 2.05) is 30.3 Å². The van der Waals surface area contributed by atoms with Crippen molar-refractivity contribution in [3.8, 4) is 22.7 Å². The van der Waals surface area contributed by atoms with Crippen LogP contribution in [0.1, 0.15) is 31.4 Å². The van der Waals surface area contributed by atoms with Gasteiger partial charge in [-0.2, -0.15) is 5.10 Å². The van der Waals surface area contributed by atoms with E-state index in [2.05, 4.69) is 5.10 Å². The second-order valence-electron chi connectivity index (χ2n) is 7.10. The van der Waals surface area contributed by atoms with Gasteiger partial charge >= 0.3 is 0 Å². The van der Waals surface area contributed by atoms with Crippen LogP contribution >= 0.6 is 0 Å². The molecule has 0 radical (unpaired) electrons. The lowest BCUT2D eigenvalue weighted by Gasteiger charge is -2.29. The smallest absolute Gasteiger partial charge is 0.133 e. The molecule has 0 bridgehead atoms. The van der Waals surface area contributed by atoms with Gasteiger partial charge in [-0.1, -0.05) is 0 Å². The minimum atomic E-state index is -1.14. The molecule has 5 nitrogen and oxygen atoms in total. The van der Waals surface area contributed by atoms with E-state index in [0.29, 0.717) is 31.4 Å². The molecule has 0 aliphatic heterocycles. The number of hydrogen-bond acceptors (Lipinski definition) is 4. The zero-order valence-corrected chi connectivity index (χ0v) is 15.6. The number of halogens is 1. The Labute approximate surface area is 162 Å². The third-order valence-electron chi connectivity index (χ3n) is 5.28. The monoisotopic (exact) mass is 380 g/mol. The minimum absolute atomic E-state index is 0.165. The molecule has 0 amide bonds. The second kappa shape index (κ2) is 7.20. The van der Waals surface area contributed by atoms with Crippen LogP contribution in [-0.4, -0.2) is 27.8 Å². The van der Waals surface area contributed by atoms with Crippen LogP contribution in [-0.2, 0) is 10.4 Å². The fourth-order valence-electron chi connectivity index (χ4n) is 3.55. The molecule has 2 aromatic carbocycles. The predicted molar refractivity (Wildman–Crippen MR) is 103 cm³/mol. The van der Waals surface area contributed by atoms with Crippen LogP contribution < -0.4 is 4.74 Å². The maximum Gasteiger partial charge on any atom is 0.133 e. The van der Waals surface area contributed by atoms with Gasteiger partial charge < -0.3 is 9.84 Å². The van der Waals surface area contributed by atoms with E-state index >= 15 is 0 Å². The molecule has 0 saturated heterocycles. The maximum absolute atomic E-state index is 13.4. The first-order chi connectivity index (χ1) is 13.5. The lowest BCUT2D eigenvalue weighted by molar-refractivity contribution is -0.125. The maximum atomic E-state index is 13.4. The van der Waals surface area contributed by atoms with Crippen LogP contribution in [0.3, 0.4) is 0 Å². The summed E-state index contributed by atoms with van der Waals surface area (Å²) in [5.41, 5.74) is 1.70. The molecular formula is C22H21FN2O3. The Bertz CT molecular complexity index is 984. The van der Waals surface area contributed by atoms with Gasteiger partial charge in [-0.15, -0.1) is 0 Å². The zero-order valence-electron chi connectivity index (χ0n) is 15.6. The van der Waals surface area contributed by atoms with Crippen LogP contribution in [0.2, 0.25) is 0 Å². The highest BCUT2D eigenvalue weighted by atomic mass is 19.1. The van der Waals surface area contributed by atoms with Gasteiger partial charge in [0.25, 0.3) is 0 Å². The number of Topliss-reactive ketones (excluding diaryl/α,β-unsaturated/α-hetero) is 1. The fourth-order valence-corrected chi connectivity index (χ4v) is 3.55. The number of methoxy groups -OCH3 is 1. The van der Waals surface area contributed by atoms with Gasteiger partial charge in [0.15, 0.2) is 0 Å². The van der Waals surface area contributed by atoms with Crippen molar-refractivity contribution in [3.63, 3.8) is 0 Å². The molecule has 1 aromatic heterocycles. The van der Waals surface area contributed by atoms with Crippen molar-refractivity contribution < 1.29 is 19.0 Å². The number of hydrogen-bond donors (Lipinski definition) is 1. The normalized spacial score (nSPS) is 16.2. The first-order valence-corrected chi connectivity index (χ1v) is 9.23. The number of ether oxygens (including phenoxy) is 1. The molecule has 144 valence electrons. The number of benzene rings is 2. The number of carbonyl (C=O) groups excluding carboxylic acids is 1. The average Bonchev–Trinajstić information content (AvgIpc) is 3.17. The number of ketones is 1. The minimum Gasteiger partial charge on any atom is -0.497 e. The Morgan fingerprint density at radius 3 is 2.32 bits per heavy atom. The molecule has 1 saturated carbocycles. The summed E-state index contributed by atoms with van der Waals surface area (Å²) >= 11 is 0. The molecule has 1 aliphatic rings. The lowest BCUT2D eigenvalue weighted by Crippen LogP contribution is -2.32. The summed E-state index contributed by atoms with van der Waals surface area (Å²) in [7, 11) is 1.60. The van der Waals surface area contributed by atoms with Crippen LogP contribution in [0.15, 0.2) is 54.6 Å². The summed E-state index contributed by atoms with van der Waals surface area (Å²) < 4.78 is 20.3. The number of nitrogens with zero attached hydrogens (tertiary/aromatic N) is 2. The highest BCUT2D eigenvalue weighted by Crippen LogP contribution is 2.37. The topological polar surface area (TPSA) is 64.3 Å². The first kappa shape index (κ1) is 18.4. The van der Waals surface area contributed by atoms with Crippen molar-refractivity contribution >= 4 is 5.78 Å². The number of aliphatic hydroxyl groups is 1. The van der Waals surface area contributed by atoms with Gasteiger partial charge in [0.1, 0.15) is 23.0 Å². The van der Waals surface area contributed by atoms with Gasteiger partial charge in [0.2, 0.25) is 0 Å². The molecule has 4 rings (SSSR count). The van der Waals surface area contributed by atoms with E-state index in [4.69, 9.17) is 4.74 Å². The van der Waals surface area contributed by atoms with Crippen molar-refractivity contribution in [2.75, 3.05) is 7.11 Å². The van der Waals surface area contributed by atoms with E-state index < -0.39 is 5.60 Å². The van der Waals surface area contributed by atoms with Crippen molar-refractivity contribution in [3.05, 3.63) is 66.1 Å². The van der Waals surface area contributed by atoms with Crippen LogP contribution in [0.25, 0.3) is 16.9 Å². The Morgan fingerprint density at radius 2 is 1.71 bits per heavy atom. The molecule has 0 atom stereocenters. The van der Waals surface area contributed by atoms with Crippen LogP contribution in [0.5, 0.6) is 5.75 Å². The summed E-state index contributed by atoms with van der Waals surface area (Å²) in [5.74, 6) is 0.575. The van der Waals surface area contributed by atoms with Crippen molar-refractivity contribution in [1.82, 2.24) is 9.78 Å². The van der Waals surface area contributed by atoms with Gasteiger partial charge in [0, 0.05) is 18.4 Å². The van der Waals surface area contributed by atoms with E-state index in [1.165, 1.54) is 12.1 Å². The summed E-state index contributed by atoms with van der Waals surface area (Å²) in [6.07, 6.45) is 1.40. The Hall–Kier alpha value is -2.99. The van der Waals surface area contributed by atoms with E-state index in [9.17, 15) is 14.3 Å². The molecule has 1 aliphatic carbocycles. The van der Waals surface area contributed by atoms with Crippen molar-refractivity contribution in [1.29, 1.82) is 0 Å². The molecule has 1 fully saturated rings. The lowest BCUT2D eigenvalue weighted by atomic mass is 9.82. The SMILES string of the molecule is COc1ccc(-n2nc(C3(O)CCC(=O)CC3)cc2-c2ccc(F)cc2)cc1. The third kappa shape index (κ3) is 3.43. The van der Waals surface area contributed by atoms with Crippen LogP contribution in [0.4, 0.5) is 4.39 Å². The zero-order chi connectivity index (χ0) is 19.7. The average molecular weight is 380 g/mol. The highest BCUT2D eigenvalue weighted by Gasteiger charge is 2.37. The molecule has 6 heteroatoms. The largest absolute Gasteiger partial charge is 0.497 e. The molecule has 0 unspecified atom stereocenters. The third-order valence-corrected chi connectivity index (χ3v) is 5.28. The molecule has 0 spiro atoms. The fraction of sp³-hybridized carbons (Fsp3) is 0.273. The molecule has 3 aromatic rings. The Kier molecular flexibility index (Phi) is 4.73. The van der Waals surface area contributed by atoms with Crippen LogP contribution in [0, 0.1) is 5.82 Å². The summed E-state index contributed by atoms with van der Waals surface area (Å²) in [4.78, 5) is 11.6. The summed E-state index contributed by atoms with van der Waals surface area (Å²) in [6.45, 7) is 0. The molecule has 1 N–H and O–H groups in total. The highest BCUT2D eigenvalue weighted by molar-refractivity contribution is 5.79. The van der Waals surface area contributed by atoms with Gasteiger partial charge in [-0.05, 0) is 67.4 Å². The standard InChI is InChI=1S/C22H21FN2O3/c1-28-19-8-6-17(7-9-19)25-20(15-2-4-16(23)5-3-15)14-21(24-25)22(27)12-10-18(26)11-13-22/h2-9,14,27H,10-13H2,1H3. The first-order valence-electron chi connectivity index (χ1n) is 9.23. The Balaban J connectivity index is 1.81.